The standard InChI is InChI=1S/C12H22O3/c1-9(2)6-10(13)7-12(3,4)8-11(14)15-5/h9H,6-8H2,1-5H3. The third-order valence-corrected chi connectivity index (χ3v) is 2.16. The van der Waals surface area contributed by atoms with Gasteiger partial charge in [-0.15, -0.1) is 0 Å². The van der Waals surface area contributed by atoms with Crippen LogP contribution >= 0.6 is 0 Å². The molecule has 0 spiro atoms. The van der Waals surface area contributed by atoms with Crippen LogP contribution < -0.4 is 0 Å². The molecule has 88 valence electrons. The minimum absolute atomic E-state index is 0.221. The fourth-order valence-electron chi connectivity index (χ4n) is 1.59. The average molecular weight is 214 g/mol. The summed E-state index contributed by atoms with van der Waals surface area (Å²) in [5.74, 6) is 0.350. The van der Waals surface area contributed by atoms with Crippen molar-refractivity contribution in [3.8, 4) is 0 Å². The van der Waals surface area contributed by atoms with Gasteiger partial charge < -0.3 is 4.74 Å². The normalized spacial score (nSPS) is 11.6. The molecule has 3 nitrogen and oxygen atoms in total. The largest absolute Gasteiger partial charge is 0.469 e. The number of carbonyl (C=O) groups is 2. The van der Waals surface area contributed by atoms with Gasteiger partial charge in [-0.3, -0.25) is 9.59 Å². The number of ketones is 1. The molecule has 0 aliphatic rings. The van der Waals surface area contributed by atoms with Gasteiger partial charge in [0.1, 0.15) is 5.78 Å². The molecule has 0 heterocycles. The second-order valence-corrected chi connectivity index (χ2v) is 5.23. The fourth-order valence-corrected chi connectivity index (χ4v) is 1.59. The van der Waals surface area contributed by atoms with E-state index in [1.807, 2.05) is 27.7 Å². The van der Waals surface area contributed by atoms with Gasteiger partial charge in [-0.2, -0.15) is 0 Å². The lowest BCUT2D eigenvalue weighted by Gasteiger charge is -2.22. The van der Waals surface area contributed by atoms with Gasteiger partial charge in [0.2, 0.25) is 0 Å². The average Bonchev–Trinajstić information content (AvgIpc) is 1.99. The van der Waals surface area contributed by atoms with E-state index in [1.54, 1.807) is 0 Å². The van der Waals surface area contributed by atoms with Crippen LogP contribution in [0.15, 0.2) is 0 Å². The lowest BCUT2D eigenvalue weighted by Crippen LogP contribution is -2.22. The minimum atomic E-state index is -0.293. The molecular formula is C12H22O3. The Morgan fingerprint density at radius 3 is 2.13 bits per heavy atom. The second-order valence-electron chi connectivity index (χ2n) is 5.23. The number of hydrogen-bond donors (Lipinski definition) is 0. The van der Waals surface area contributed by atoms with E-state index in [-0.39, 0.29) is 17.2 Å². The van der Waals surface area contributed by atoms with Crippen molar-refractivity contribution < 1.29 is 14.3 Å². The lowest BCUT2D eigenvalue weighted by molar-refractivity contribution is -0.143. The Morgan fingerprint density at radius 2 is 1.73 bits per heavy atom. The van der Waals surface area contributed by atoms with Gasteiger partial charge in [0, 0.05) is 12.8 Å². The Balaban J connectivity index is 4.12. The van der Waals surface area contributed by atoms with Crippen molar-refractivity contribution in [3.63, 3.8) is 0 Å². The third-order valence-electron chi connectivity index (χ3n) is 2.16. The van der Waals surface area contributed by atoms with Gasteiger partial charge in [0.05, 0.1) is 13.5 Å². The monoisotopic (exact) mass is 214 g/mol. The maximum atomic E-state index is 11.6. The number of rotatable bonds is 6. The Bertz CT molecular complexity index is 229. The number of Topliss-reactive ketones (excluding diaryl/α,β-unsaturated/α-hetero) is 1. The SMILES string of the molecule is COC(=O)CC(C)(C)CC(=O)CC(C)C. The van der Waals surface area contributed by atoms with Crippen LogP contribution in [-0.2, 0) is 14.3 Å². The summed E-state index contributed by atoms with van der Waals surface area (Å²) in [6, 6.07) is 0. The van der Waals surface area contributed by atoms with Crippen molar-refractivity contribution in [2.75, 3.05) is 7.11 Å². The second kappa shape index (κ2) is 5.89. The number of ether oxygens (including phenoxy) is 1. The van der Waals surface area contributed by atoms with Crippen molar-refractivity contribution in [1.82, 2.24) is 0 Å². The van der Waals surface area contributed by atoms with Crippen molar-refractivity contribution in [2.45, 2.75) is 47.0 Å². The molecule has 0 aromatic carbocycles. The first-order chi connectivity index (χ1) is 6.76. The van der Waals surface area contributed by atoms with E-state index in [2.05, 4.69) is 4.74 Å². The molecule has 0 N–H and O–H groups in total. The quantitative estimate of drug-likeness (QED) is 0.638. The predicted octanol–water partition coefficient (Wildman–Crippen LogP) is 2.58. The summed E-state index contributed by atoms with van der Waals surface area (Å²) >= 11 is 0. The summed E-state index contributed by atoms with van der Waals surface area (Å²) in [6.45, 7) is 7.88. The van der Waals surface area contributed by atoms with Crippen molar-refractivity contribution >= 4 is 11.8 Å². The molecule has 0 saturated carbocycles. The highest BCUT2D eigenvalue weighted by Crippen LogP contribution is 2.27. The summed E-state index contributed by atoms with van der Waals surface area (Å²) in [7, 11) is 1.37. The van der Waals surface area contributed by atoms with Crippen LogP contribution in [0.1, 0.15) is 47.0 Å². The van der Waals surface area contributed by atoms with Crippen LogP contribution in [0.5, 0.6) is 0 Å². The molecular weight excluding hydrogens is 192 g/mol. The zero-order valence-electron chi connectivity index (χ0n) is 10.4. The molecule has 3 heteroatoms. The number of methoxy groups -OCH3 is 1. The molecule has 0 fully saturated rings. The summed E-state index contributed by atoms with van der Waals surface area (Å²) in [6.07, 6.45) is 1.33. The van der Waals surface area contributed by atoms with Crippen LogP contribution in [0.4, 0.5) is 0 Å². The van der Waals surface area contributed by atoms with E-state index < -0.39 is 0 Å². The van der Waals surface area contributed by atoms with Gasteiger partial charge >= 0.3 is 5.97 Å². The van der Waals surface area contributed by atoms with Gasteiger partial charge in [0.25, 0.3) is 0 Å². The highest BCUT2D eigenvalue weighted by atomic mass is 16.5. The van der Waals surface area contributed by atoms with Crippen LogP contribution in [0.2, 0.25) is 0 Å². The first-order valence-electron chi connectivity index (χ1n) is 5.35. The zero-order valence-corrected chi connectivity index (χ0v) is 10.4. The van der Waals surface area contributed by atoms with E-state index >= 15 is 0 Å². The molecule has 0 aliphatic heterocycles. The van der Waals surface area contributed by atoms with E-state index in [1.165, 1.54) is 7.11 Å². The molecule has 0 aromatic heterocycles. The van der Waals surface area contributed by atoms with E-state index in [4.69, 9.17) is 0 Å². The summed E-state index contributed by atoms with van der Waals surface area (Å²) in [5.41, 5.74) is -0.293. The van der Waals surface area contributed by atoms with Gasteiger partial charge in [-0.1, -0.05) is 27.7 Å². The van der Waals surface area contributed by atoms with E-state index in [0.717, 1.165) is 0 Å². The Morgan fingerprint density at radius 1 is 1.20 bits per heavy atom. The van der Waals surface area contributed by atoms with Crippen molar-refractivity contribution in [2.24, 2.45) is 11.3 Å². The highest BCUT2D eigenvalue weighted by molar-refractivity contribution is 5.80. The molecule has 0 saturated heterocycles. The van der Waals surface area contributed by atoms with Crippen molar-refractivity contribution in [1.29, 1.82) is 0 Å². The molecule has 0 radical (unpaired) electrons. The fraction of sp³-hybridized carbons (Fsp3) is 0.833. The highest BCUT2D eigenvalue weighted by Gasteiger charge is 2.25. The third kappa shape index (κ3) is 7.11. The van der Waals surface area contributed by atoms with E-state index in [0.29, 0.717) is 25.2 Å². The Kier molecular flexibility index (Phi) is 5.55. The molecule has 0 amide bonds. The molecule has 0 aromatic rings. The first kappa shape index (κ1) is 14.1. The summed E-state index contributed by atoms with van der Waals surface area (Å²) in [5, 5.41) is 0. The predicted molar refractivity (Wildman–Crippen MR) is 59.5 cm³/mol. The van der Waals surface area contributed by atoms with Crippen LogP contribution in [0.25, 0.3) is 0 Å². The van der Waals surface area contributed by atoms with E-state index in [9.17, 15) is 9.59 Å². The van der Waals surface area contributed by atoms with Gasteiger partial charge in [-0.05, 0) is 11.3 Å². The Hall–Kier alpha value is -0.860. The summed E-state index contributed by atoms with van der Waals surface area (Å²) < 4.78 is 4.60. The molecule has 0 atom stereocenters. The molecule has 0 bridgehead atoms. The van der Waals surface area contributed by atoms with Crippen LogP contribution in [-0.4, -0.2) is 18.9 Å². The zero-order chi connectivity index (χ0) is 12.1. The van der Waals surface area contributed by atoms with Crippen molar-refractivity contribution in [3.05, 3.63) is 0 Å². The smallest absolute Gasteiger partial charge is 0.306 e. The number of hydrogen-bond acceptors (Lipinski definition) is 3. The number of esters is 1. The minimum Gasteiger partial charge on any atom is -0.469 e. The first-order valence-corrected chi connectivity index (χ1v) is 5.35. The molecule has 15 heavy (non-hydrogen) atoms. The maximum absolute atomic E-state index is 11.6. The molecule has 0 rings (SSSR count). The van der Waals surface area contributed by atoms with Crippen LogP contribution in [0, 0.1) is 11.3 Å². The van der Waals surface area contributed by atoms with Gasteiger partial charge in [0.15, 0.2) is 0 Å². The topological polar surface area (TPSA) is 43.4 Å². The Labute approximate surface area is 92.2 Å². The molecule has 0 unspecified atom stereocenters. The lowest BCUT2D eigenvalue weighted by atomic mass is 9.82. The summed E-state index contributed by atoms with van der Waals surface area (Å²) in [4.78, 5) is 22.7. The molecule has 0 aliphatic carbocycles. The maximum Gasteiger partial charge on any atom is 0.306 e. The van der Waals surface area contributed by atoms with Gasteiger partial charge in [-0.25, -0.2) is 0 Å². The number of carbonyl (C=O) groups excluding carboxylic acids is 2. The van der Waals surface area contributed by atoms with Crippen LogP contribution in [0.3, 0.4) is 0 Å².